The molecule has 1 aromatic heterocycles. The largest absolute Gasteiger partial charge is 0.441 e. The molecule has 168 valence electrons. The van der Waals surface area contributed by atoms with Crippen LogP contribution in [0.1, 0.15) is 47.5 Å². The van der Waals surface area contributed by atoms with Gasteiger partial charge in [-0.15, -0.1) is 0 Å². The van der Waals surface area contributed by atoms with Crippen LogP contribution in [-0.4, -0.2) is 36.7 Å². The first-order chi connectivity index (χ1) is 15.3. The lowest BCUT2D eigenvalue weighted by Gasteiger charge is -2.20. The van der Waals surface area contributed by atoms with Gasteiger partial charge in [-0.3, -0.25) is 4.79 Å². The molecule has 1 N–H and O–H groups in total. The number of aromatic nitrogens is 1. The van der Waals surface area contributed by atoms with Crippen molar-refractivity contribution in [3.05, 3.63) is 65.5 Å². The predicted octanol–water partition coefficient (Wildman–Crippen LogP) is 4.78. The maximum absolute atomic E-state index is 13.1. The van der Waals surface area contributed by atoms with E-state index in [1.165, 1.54) is 10.4 Å². The second kappa shape index (κ2) is 9.26. The van der Waals surface area contributed by atoms with Gasteiger partial charge in [0.05, 0.1) is 10.6 Å². The Morgan fingerprint density at radius 1 is 1.00 bits per heavy atom. The highest BCUT2D eigenvalue weighted by atomic mass is 32.2. The van der Waals surface area contributed by atoms with E-state index in [4.69, 9.17) is 4.42 Å². The summed E-state index contributed by atoms with van der Waals surface area (Å²) in [5.41, 5.74) is 2.42. The predicted molar refractivity (Wildman–Crippen MR) is 123 cm³/mol. The Balaban J connectivity index is 1.54. The monoisotopic (exact) mass is 453 g/mol. The van der Waals surface area contributed by atoms with Crippen LogP contribution in [0.3, 0.4) is 0 Å². The molecule has 1 aliphatic rings. The summed E-state index contributed by atoms with van der Waals surface area (Å²) >= 11 is 0. The van der Waals surface area contributed by atoms with E-state index in [0.29, 0.717) is 24.7 Å². The van der Waals surface area contributed by atoms with Crippen LogP contribution >= 0.6 is 0 Å². The molecule has 0 radical (unpaired) electrons. The third-order valence-electron chi connectivity index (χ3n) is 5.69. The topological polar surface area (TPSA) is 92.5 Å². The number of hydrogen-bond acceptors (Lipinski definition) is 5. The smallest absolute Gasteiger partial charge is 0.255 e. The first-order valence-electron chi connectivity index (χ1n) is 10.8. The summed E-state index contributed by atoms with van der Waals surface area (Å²) in [6.07, 6.45) is 3.80. The molecule has 7 nitrogen and oxygen atoms in total. The molecule has 8 heteroatoms. The number of nitrogens with zero attached hydrogens (tertiary/aromatic N) is 2. The molecular formula is C24H27N3O4S. The van der Waals surface area contributed by atoms with E-state index >= 15 is 0 Å². The Kier molecular flexibility index (Phi) is 6.43. The van der Waals surface area contributed by atoms with Gasteiger partial charge in [0.1, 0.15) is 5.76 Å². The quantitative estimate of drug-likeness (QED) is 0.600. The molecule has 1 aliphatic heterocycles. The highest BCUT2D eigenvalue weighted by molar-refractivity contribution is 7.89. The zero-order valence-corrected chi connectivity index (χ0v) is 19.1. The number of amides is 1. The van der Waals surface area contributed by atoms with Crippen molar-refractivity contribution in [2.24, 2.45) is 0 Å². The first-order valence-corrected chi connectivity index (χ1v) is 12.2. The minimum atomic E-state index is -3.63. The average Bonchev–Trinajstić information content (AvgIpc) is 2.98. The molecular weight excluding hydrogens is 426 g/mol. The lowest BCUT2D eigenvalue weighted by Crippen LogP contribution is -2.32. The van der Waals surface area contributed by atoms with E-state index in [1.54, 1.807) is 36.4 Å². The molecule has 0 aliphatic carbocycles. The van der Waals surface area contributed by atoms with Crippen molar-refractivity contribution in [3.63, 3.8) is 0 Å². The van der Waals surface area contributed by atoms with Crippen LogP contribution < -0.4 is 5.32 Å². The number of benzene rings is 2. The first kappa shape index (κ1) is 22.2. The van der Waals surface area contributed by atoms with Crippen molar-refractivity contribution >= 4 is 21.6 Å². The molecule has 4 rings (SSSR count). The summed E-state index contributed by atoms with van der Waals surface area (Å²) in [5.74, 6) is 0.855. The van der Waals surface area contributed by atoms with Gasteiger partial charge in [0.2, 0.25) is 15.9 Å². The molecule has 3 aromatic rings. The minimum Gasteiger partial charge on any atom is -0.441 e. The van der Waals surface area contributed by atoms with Gasteiger partial charge in [-0.1, -0.05) is 25.0 Å². The molecule has 1 amide bonds. The Morgan fingerprint density at radius 2 is 1.72 bits per heavy atom. The van der Waals surface area contributed by atoms with Crippen LogP contribution in [0, 0.1) is 13.8 Å². The second-order valence-electron chi connectivity index (χ2n) is 8.04. The summed E-state index contributed by atoms with van der Waals surface area (Å²) in [7, 11) is -3.63. The SMILES string of the molecule is Cc1nc(-c2cccc(NC(=O)c3cccc(S(=O)(=O)N4CCCCCC4)c3)c2)oc1C. The second-order valence-corrected chi connectivity index (χ2v) is 9.98. The molecule has 0 unspecified atom stereocenters. The van der Waals surface area contributed by atoms with Crippen LogP contribution in [0.5, 0.6) is 0 Å². The highest BCUT2D eigenvalue weighted by Crippen LogP contribution is 2.25. The van der Waals surface area contributed by atoms with Crippen LogP contribution in [0.4, 0.5) is 5.69 Å². The summed E-state index contributed by atoms with van der Waals surface area (Å²) in [6.45, 7) is 4.77. The van der Waals surface area contributed by atoms with Crippen molar-refractivity contribution in [1.82, 2.24) is 9.29 Å². The number of nitrogens with one attached hydrogen (secondary N) is 1. The molecule has 32 heavy (non-hydrogen) atoms. The molecule has 2 heterocycles. The van der Waals surface area contributed by atoms with Crippen LogP contribution in [0.2, 0.25) is 0 Å². The van der Waals surface area contributed by atoms with E-state index in [2.05, 4.69) is 10.3 Å². The summed E-state index contributed by atoms with van der Waals surface area (Å²) < 4.78 is 33.4. The van der Waals surface area contributed by atoms with E-state index in [1.807, 2.05) is 19.9 Å². The van der Waals surface area contributed by atoms with Crippen molar-refractivity contribution in [3.8, 4) is 11.5 Å². The number of sulfonamides is 1. The van der Waals surface area contributed by atoms with E-state index in [9.17, 15) is 13.2 Å². The normalized spacial score (nSPS) is 15.3. The van der Waals surface area contributed by atoms with Gasteiger partial charge in [-0.05, 0) is 63.1 Å². The molecule has 1 fully saturated rings. The zero-order valence-electron chi connectivity index (χ0n) is 18.3. The molecule has 0 spiro atoms. The number of rotatable bonds is 5. The average molecular weight is 454 g/mol. The standard InChI is InChI=1S/C24H27N3O4S/c1-17-18(2)31-24(25-17)20-10-7-11-21(15-20)26-23(28)19-9-8-12-22(16-19)32(29,30)27-13-5-3-4-6-14-27/h7-12,15-16H,3-6,13-14H2,1-2H3,(H,26,28). The van der Waals surface area contributed by atoms with Crippen molar-refractivity contribution in [2.45, 2.75) is 44.4 Å². The van der Waals surface area contributed by atoms with Gasteiger partial charge < -0.3 is 9.73 Å². The third kappa shape index (κ3) is 4.76. The number of aryl methyl sites for hydroxylation is 2. The fourth-order valence-electron chi connectivity index (χ4n) is 3.76. The maximum Gasteiger partial charge on any atom is 0.255 e. The van der Waals surface area contributed by atoms with E-state index in [-0.39, 0.29) is 16.4 Å². The van der Waals surface area contributed by atoms with Gasteiger partial charge in [-0.25, -0.2) is 13.4 Å². The Labute approximate surface area is 188 Å². The van der Waals surface area contributed by atoms with Crippen LogP contribution in [0.15, 0.2) is 57.8 Å². The number of carbonyl (C=O) groups excluding carboxylic acids is 1. The molecule has 2 aromatic carbocycles. The van der Waals surface area contributed by atoms with Crippen molar-refractivity contribution < 1.29 is 17.6 Å². The number of carbonyl (C=O) groups is 1. The highest BCUT2D eigenvalue weighted by Gasteiger charge is 2.25. The summed E-state index contributed by atoms with van der Waals surface area (Å²) in [6, 6.07) is 13.4. The van der Waals surface area contributed by atoms with Crippen LogP contribution in [-0.2, 0) is 10.0 Å². The number of hydrogen-bond donors (Lipinski definition) is 1. The Bertz CT molecular complexity index is 1210. The van der Waals surface area contributed by atoms with E-state index < -0.39 is 10.0 Å². The van der Waals surface area contributed by atoms with Gasteiger partial charge in [0.25, 0.3) is 5.91 Å². The zero-order chi connectivity index (χ0) is 22.7. The number of anilines is 1. The fraction of sp³-hybridized carbons (Fsp3) is 0.333. The van der Waals surface area contributed by atoms with Gasteiger partial charge in [0, 0.05) is 29.9 Å². The number of oxazole rings is 1. The van der Waals surface area contributed by atoms with Crippen molar-refractivity contribution in [1.29, 1.82) is 0 Å². The van der Waals surface area contributed by atoms with Gasteiger partial charge >= 0.3 is 0 Å². The molecule has 0 bridgehead atoms. The molecule has 1 saturated heterocycles. The lowest BCUT2D eigenvalue weighted by atomic mass is 10.1. The van der Waals surface area contributed by atoms with Gasteiger partial charge in [0.15, 0.2) is 0 Å². The summed E-state index contributed by atoms with van der Waals surface area (Å²) in [4.78, 5) is 17.4. The van der Waals surface area contributed by atoms with Crippen LogP contribution in [0.25, 0.3) is 11.5 Å². The Morgan fingerprint density at radius 3 is 2.41 bits per heavy atom. The maximum atomic E-state index is 13.1. The fourth-order valence-corrected chi connectivity index (χ4v) is 5.32. The summed E-state index contributed by atoms with van der Waals surface area (Å²) in [5, 5.41) is 2.84. The Hall–Kier alpha value is -2.97. The lowest BCUT2D eigenvalue weighted by molar-refractivity contribution is 0.102. The minimum absolute atomic E-state index is 0.145. The molecule has 0 saturated carbocycles. The van der Waals surface area contributed by atoms with E-state index in [0.717, 1.165) is 42.7 Å². The third-order valence-corrected chi connectivity index (χ3v) is 7.59. The molecule has 0 atom stereocenters. The van der Waals surface area contributed by atoms with Crippen molar-refractivity contribution in [2.75, 3.05) is 18.4 Å². The van der Waals surface area contributed by atoms with Gasteiger partial charge in [-0.2, -0.15) is 4.31 Å².